The highest BCUT2D eigenvalue weighted by molar-refractivity contribution is 5.89. The number of rotatable bonds is 6. The molecular weight excluding hydrogens is 238 g/mol. The molecule has 6 heteroatoms. The number of carboxylic acid groups (broad SMARTS) is 1. The summed E-state index contributed by atoms with van der Waals surface area (Å²) in [7, 11) is 1.44. The van der Waals surface area contributed by atoms with E-state index in [9.17, 15) is 14.7 Å². The van der Waals surface area contributed by atoms with Crippen LogP contribution in [0.4, 0.5) is 0 Å². The average Bonchev–Trinajstić information content (AvgIpc) is 2.74. The van der Waals surface area contributed by atoms with Crippen molar-refractivity contribution in [3.8, 4) is 0 Å². The van der Waals surface area contributed by atoms with Crippen molar-refractivity contribution in [2.75, 3.05) is 26.9 Å². The largest absolute Gasteiger partial charge is 0.479 e. The fourth-order valence-corrected chi connectivity index (χ4v) is 2.41. The van der Waals surface area contributed by atoms with Crippen molar-refractivity contribution in [3.05, 3.63) is 0 Å². The maximum Gasteiger partial charge on any atom is 0.332 e. The third-order valence-corrected chi connectivity index (χ3v) is 3.30. The molecule has 104 valence electrons. The molecule has 1 amide bonds. The van der Waals surface area contributed by atoms with Crippen LogP contribution in [0.3, 0.4) is 0 Å². The Kier molecular flexibility index (Phi) is 5.10. The summed E-state index contributed by atoms with van der Waals surface area (Å²) in [4.78, 5) is 25.1. The summed E-state index contributed by atoms with van der Waals surface area (Å²) >= 11 is 0. The normalized spacial score (nSPS) is 25.2. The SMILES string of the molecule is CCOC(C)C(=O)N1CCCC1(COC)C(=O)O. The number of hydrogen-bond donors (Lipinski definition) is 1. The van der Waals surface area contributed by atoms with Crippen molar-refractivity contribution < 1.29 is 24.2 Å². The second-order valence-electron chi connectivity index (χ2n) is 4.46. The van der Waals surface area contributed by atoms with Crippen molar-refractivity contribution in [3.63, 3.8) is 0 Å². The molecule has 1 saturated heterocycles. The van der Waals surface area contributed by atoms with Crippen LogP contribution in [0.2, 0.25) is 0 Å². The molecule has 0 aliphatic carbocycles. The molecule has 1 rings (SSSR count). The zero-order chi connectivity index (χ0) is 13.8. The zero-order valence-corrected chi connectivity index (χ0v) is 11.1. The van der Waals surface area contributed by atoms with Crippen LogP contribution in [-0.4, -0.2) is 60.4 Å². The maximum absolute atomic E-state index is 12.2. The van der Waals surface area contributed by atoms with Crippen molar-refractivity contribution >= 4 is 11.9 Å². The molecule has 0 aromatic carbocycles. The van der Waals surface area contributed by atoms with Gasteiger partial charge in [0.2, 0.25) is 0 Å². The molecule has 0 bridgehead atoms. The first-order chi connectivity index (χ1) is 8.49. The fourth-order valence-electron chi connectivity index (χ4n) is 2.41. The Labute approximate surface area is 107 Å². The summed E-state index contributed by atoms with van der Waals surface area (Å²) in [6, 6.07) is 0. The molecule has 0 aromatic heterocycles. The highest BCUT2D eigenvalue weighted by atomic mass is 16.5. The first kappa shape index (κ1) is 14.9. The lowest BCUT2D eigenvalue weighted by Gasteiger charge is -2.35. The lowest BCUT2D eigenvalue weighted by molar-refractivity contribution is -0.164. The molecule has 1 aliphatic rings. The summed E-state index contributed by atoms with van der Waals surface area (Å²) in [5.41, 5.74) is -1.24. The topological polar surface area (TPSA) is 76.1 Å². The van der Waals surface area contributed by atoms with Gasteiger partial charge >= 0.3 is 5.97 Å². The first-order valence-corrected chi connectivity index (χ1v) is 6.15. The number of carboxylic acids is 1. The van der Waals surface area contributed by atoms with E-state index in [1.54, 1.807) is 13.8 Å². The van der Waals surface area contributed by atoms with E-state index in [0.29, 0.717) is 26.0 Å². The minimum absolute atomic E-state index is 0.00686. The van der Waals surface area contributed by atoms with Crippen molar-refractivity contribution in [1.82, 2.24) is 4.90 Å². The summed E-state index contributed by atoms with van der Waals surface area (Å²) < 4.78 is 10.2. The summed E-state index contributed by atoms with van der Waals surface area (Å²) in [6.07, 6.45) is 0.463. The number of likely N-dealkylation sites (tertiary alicyclic amines) is 1. The maximum atomic E-state index is 12.2. The molecule has 2 atom stereocenters. The summed E-state index contributed by atoms with van der Waals surface area (Å²) in [5.74, 6) is -1.30. The van der Waals surface area contributed by atoms with Gasteiger partial charge < -0.3 is 19.5 Å². The van der Waals surface area contributed by atoms with E-state index < -0.39 is 17.6 Å². The predicted molar refractivity (Wildman–Crippen MR) is 64.3 cm³/mol. The lowest BCUT2D eigenvalue weighted by atomic mass is 9.97. The van der Waals surface area contributed by atoms with Crippen LogP contribution in [0.15, 0.2) is 0 Å². The number of aliphatic carboxylic acids is 1. The van der Waals surface area contributed by atoms with Gasteiger partial charge in [-0.05, 0) is 26.7 Å². The van der Waals surface area contributed by atoms with Crippen LogP contribution in [0.1, 0.15) is 26.7 Å². The molecule has 18 heavy (non-hydrogen) atoms. The molecule has 0 aromatic rings. The molecule has 0 saturated carbocycles. The molecule has 1 fully saturated rings. The Bertz CT molecular complexity index is 320. The molecule has 6 nitrogen and oxygen atoms in total. The van der Waals surface area contributed by atoms with Crippen LogP contribution >= 0.6 is 0 Å². The number of carbonyl (C=O) groups is 2. The minimum Gasteiger partial charge on any atom is -0.479 e. The van der Waals surface area contributed by atoms with E-state index in [4.69, 9.17) is 9.47 Å². The Morgan fingerprint density at radius 3 is 2.67 bits per heavy atom. The highest BCUT2D eigenvalue weighted by Crippen LogP contribution is 2.31. The monoisotopic (exact) mass is 259 g/mol. The van der Waals surface area contributed by atoms with Gasteiger partial charge in [0.25, 0.3) is 5.91 Å². The third-order valence-electron chi connectivity index (χ3n) is 3.30. The molecule has 2 unspecified atom stereocenters. The van der Waals surface area contributed by atoms with Crippen molar-refractivity contribution in [1.29, 1.82) is 0 Å². The van der Waals surface area contributed by atoms with E-state index in [2.05, 4.69) is 0 Å². The van der Waals surface area contributed by atoms with E-state index in [0.717, 1.165) is 0 Å². The Morgan fingerprint density at radius 1 is 1.50 bits per heavy atom. The molecular formula is C12H21NO5. The van der Waals surface area contributed by atoms with Gasteiger partial charge in [0.15, 0.2) is 5.54 Å². The second-order valence-corrected chi connectivity index (χ2v) is 4.46. The number of methoxy groups -OCH3 is 1. The lowest BCUT2D eigenvalue weighted by Crippen LogP contribution is -2.58. The number of amides is 1. The van der Waals surface area contributed by atoms with Crippen LogP contribution in [0.25, 0.3) is 0 Å². The van der Waals surface area contributed by atoms with Gasteiger partial charge in [0.1, 0.15) is 6.10 Å². The minimum atomic E-state index is -1.24. The number of ether oxygens (including phenoxy) is 2. The summed E-state index contributed by atoms with van der Waals surface area (Å²) in [5, 5.41) is 9.41. The molecule has 1 heterocycles. The Hall–Kier alpha value is -1.14. The van der Waals surface area contributed by atoms with E-state index in [1.807, 2.05) is 0 Å². The Balaban J connectivity index is 2.91. The number of nitrogens with zero attached hydrogens (tertiary/aromatic N) is 1. The molecule has 1 aliphatic heterocycles. The van der Waals surface area contributed by atoms with Gasteiger partial charge in [0, 0.05) is 20.3 Å². The van der Waals surface area contributed by atoms with Crippen LogP contribution in [0, 0.1) is 0 Å². The van der Waals surface area contributed by atoms with Crippen molar-refractivity contribution in [2.24, 2.45) is 0 Å². The zero-order valence-electron chi connectivity index (χ0n) is 11.1. The molecule has 1 N–H and O–H groups in total. The van der Waals surface area contributed by atoms with E-state index >= 15 is 0 Å². The number of hydrogen-bond acceptors (Lipinski definition) is 4. The fraction of sp³-hybridized carbons (Fsp3) is 0.833. The van der Waals surface area contributed by atoms with Crippen LogP contribution in [-0.2, 0) is 19.1 Å². The van der Waals surface area contributed by atoms with E-state index in [1.165, 1.54) is 12.0 Å². The second kappa shape index (κ2) is 6.15. The molecule has 0 radical (unpaired) electrons. The van der Waals surface area contributed by atoms with Gasteiger partial charge in [-0.3, -0.25) is 4.79 Å². The van der Waals surface area contributed by atoms with Gasteiger partial charge in [-0.1, -0.05) is 0 Å². The molecule has 0 spiro atoms. The number of carbonyl (C=O) groups excluding carboxylic acids is 1. The van der Waals surface area contributed by atoms with Gasteiger partial charge in [-0.15, -0.1) is 0 Å². The Morgan fingerprint density at radius 2 is 2.17 bits per heavy atom. The van der Waals surface area contributed by atoms with Gasteiger partial charge in [0.05, 0.1) is 6.61 Å². The van der Waals surface area contributed by atoms with Gasteiger partial charge in [-0.25, -0.2) is 4.79 Å². The van der Waals surface area contributed by atoms with Gasteiger partial charge in [-0.2, -0.15) is 0 Å². The van der Waals surface area contributed by atoms with E-state index in [-0.39, 0.29) is 12.5 Å². The van der Waals surface area contributed by atoms with Crippen LogP contribution < -0.4 is 0 Å². The standard InChI is InChI=1S/C12H21NO5/c1-4-18-9(2)10(14)13-7-5-6-12(13,8-17-3)11(15)16/h9H,4-8H2,1-3H3,(H,15,16). The first-order valence-electron chi connectivity index (χ1n) is 6.15. The van der Waals surface area contributed by atoms with Crippen LogP contribution in [0.5, 0.6) is 0 Å². The average molecular weight is 259 g/mol. The third kappa shape index (κ3) is 2.64. The predicted octanol–water partition coefficient (Wildman–Crippen LogP) is 0.504. The highest BCUT2D eigenvalue weighted by Gasteiger charge is 2.51. The smallest absolute Gasteiger partial charge is 0.332 e. The summed E-state index contributed by atoms with van der Waals surface area (Å²) in [6.45, 7) is 4.31. The van der Waals surface area contributed by atoms with Crippen molar-refractivity contribution in [2.45, 2.75) is 38.3 Å². The quantitative estimate of drug-likeness (QED) is 0.752.